The third kappa shape index (κ3) is 5.11. The molecule has 1 aromatic rings. The zero-order chi connectivity index (χ0) is 13.8. The van der Waals surface area contributed by atoms with E-state index in [1.807, 2.05) is 0 Å². The van der Waals surface area contributed by atoms with E-state index in [9.17, 15) is 18.0 Å². The van der Waals surface area contributed by atoms with Crippen molar-refractivity contribution in [1.29, 1.82) is 0 Å². The summed E-state index contributed by atoms with van der Waals surface area (Å²) in [6.07, 6.45) is 0. The van der Waals surface area contributed by atoms with Crippen LogP contribution in [0.15, 0.2) is 24.3 Å². The van der Waals surface area contributed by atoms with Gasteiger partial charge < -0.3 is 0 Å². The van der Waals surface area contributed by atoms with E-state index in [0.717, 1.165) is 0 Å². The van der Waals surface area contributed by atoms with E-state index in [1.165, 1.54) is 19.1 Å². The molecule has 0 atom stereocenters. The maximum absolute atomic E-state index is 11.5. The molecule has 0 aromatic heterocycles. The van der Waals surface area contributed by atoms with E-state index in [-0.39, 0.29) is 5.56 Å². The fourth-order valence-electron chi connectivity index (χ4n) is 1.17. The second kappa shape index (κ2) is 6.25. The molecule has 0 fully saturated rings. The molecule has 0 amide bonds. The van der Waals surface area contributed by atoms with Crippen LogP contribution in [0, 0.1) is 0 Å². The van der Waals surface area contributed by atoms with Gasteiger partial charge in [0.25, 0.3) is 0 Å². The van der Waals surface area contributed by atoms with Crippen LogP contribution in [-0.4, -0.2) is 24.9 Å². The molecule has 0 aliphatic heterocycles. The summed E-state index contributed by atoms with van der Waals surface area (Å²) in [5, 5.41) is 0. The minimum atomic E-state index is -4.85. The number of benzene rings is 1. The van der Waals surface area contributed by atoms with Crippen molar-refractivity contribution in [2.75, 3.05) is 0 Å². The van der Waals surface area contributed by atoms with Crippen LogP contribution in [0.3, 0.4) is 0 Å². The predicted molar refractivity (Wildman–Crippen MR) is 54.8 cm³/mol. The van der Waals surface area contributed by atoms with Gasteiger partial charge in [0.15, 0.2) is 0 Å². The summed E-state index contributed by atoms with van der Waals surface area (Å²) >= 11 is -2.30. The van der Waals surface area contributed by atoms with Crippen LogP contribution < -0.4 is 3.07 Å². The van der Waals surface area contributed by atoms with Gasteiger partial charge >= 0.3 is 117 Å². The molecule has 0 bridgehead atoms. The molecule has 0 unspecified atom stereocenters. The van der Waals surface area contributed by atoms with Crippen molar-refractivity contribution in [2.45, 2.75) is 6.92 Å². The Labute approximate surface area is 116 Å². The fraction of sp³-hybridized carbons (Fsp3) is 0.111. The van der Waals surface area contributed by atoms with Gasteiger partial charge in [-0.15, -0.1) is 0 Å². The van der Waals surface area contributed by atoms with Gasteiger partial charge in [0.1, 0.15) is 0 Å². The Hall–Kier alpha value is -0.995. The van der Waals surface area contributed by atoms with Gasteiger partial charge in [-0.1, -0.05) is 0 Å². The predicted octanol–water partition coefficient (Wildman–Crippen LogP) is -0.168. The summed E-state index contributed by atoms with van der Waals surface area (Å²) in [4.78, 5) is 22.2. The molecule has 0 aliphatic rings. The summed E-state index contributed by atoms with van der Waals surface area (Å²) in [7, 11) is -4.85. The Morgan fingerprint density at radius 3 is 2.44 bits per heavy atom. The standard InChI is InChI=1S/C7H5O5S.C2H4O2.Hg/c8-7(12-13(9,10)11)6-4-2-1-3-5-6;1-2(3)4;/h1-4H,(H,9,10,11);1H3,(H,3,4);/q;;+1/p-1. The Morgan fingerprint density at radius 1 is 1.28 bits per heavy atom. The van der Waals surface area contributed by atoms with Crippen molar-refractivity contribution < 1.29 is 54.4 Å². The Balaban J connectivity index is 2.94. The fourth-order valence-corrected chi connectivity index (χ4v) is 5.37. The molecule has 7 nitrogen and oxygen atoms in total. The van der Waals surface area contributed by atoms with Gasteiger partial charge in [-0.3, -0.25) is 0 Å². The average molecular weight is 461 g/mol. The Bertz CT molecular complexity index is 566. The van der Waals surface area contributed by atoms with E-state index in [1.54, 1.807) is 12.1 Å². The van der Waals surface area contributed by atoms with E-state index in [4.69, 9.17) is 7.20 Å². The van der Waals surface area contributed by atoms with Crippen LogP contribution in [0.5, 0.6) is 0 Å². The number of hydrogen-bond donors (Lipinski definition) is 1. The molecule has 9 heteroatoms. The van der Waals surface area contributed by atoms with E-state index in [0.29, 0.717) is 3.07 Å². The van der Waals surface area contributed by atoms with Crippen LogP contribution in [0.4, 0.5) is 0 Å². The van der Waals surface area contributed by atoms with Crippen LogP contribution >= 0.6 is 0 Å². The normalized spacial score (nSPS) is 10.3. The molecule has 1 rings (SSSR count). The van der Waals surface area contributed by atoms with Crippen molar-refractivity contribution in [2.24, 2.45) is 0 Å². The van der Waals surface area contributed by atoms with Crippen molar-refractivity contribution in [3.63, 3.8) is 0 Å². The van der Waals surface area contributed by atoms with Gasteiger partial charge in [0.05, 0.1) is 0 Å². The second-order valence-corrected chi connectivity index (χ2v) is 9.46. The van der Waals surface area contributed by atoms with Gasteiger partial charge in [-0.2, -0.15) is 0 Å². The number of hydrogen-bond acceptors (Lipinski definition) is 6. The summed E-state index contributed by atoms with van der Waals surface area (Å²) in [5.74, 6) is -1.64. The molecular formula is C9H8HgO7S. The zero-order valence-corrected chi connectivity index (χ0v) is 15.6. The Kier molecular flexibility index (Phi) is 5.23. The molecule has 94 valence electrons. The van der Waals surface area contributed by atoms with Crippen molar-refractivity contribution in [3.05, 3.63) is 29.8 Å². The van der Waals surface area contributed by atoms with Gasteiger partial charge in [-0.05, 0) is 0 Å². The molecule has 0 heterocycles. The van der Waals surface area contributed by atoms with Crippen molar-refractivity contribution in [1.82, 2.24) is 0 Å². The molecule has 0 saturated carbocycles. The topological polar surface area (TPSA) is 107 Å². The third-order valence-corrected chi connectivity index (χ3v) is 7.96. The second-order valence-electron chi connectivity index (χ2n) is 3.24. The average Bonchev–Trinajstić information content (AvgIpc) is 2.24. The molecule has 0 spiro atoms. The van der Waals surface area contributed by atoms with Crippen LogP contribution in [0.25, 0.3) is 0 Å². The van der Waals surface area contributed by atoms with Gasteiger partial charge in [0, 0.05) is 0 Å². The molecule has 0 radical (unpaired) electrons. The maximum atomic E-state index is 11.5. The van der Waals surface area contributed by atoms with Gasteiger partial charge in [-0.25, -0.2) is 0 Å². The first-order chi connectivity index (χ1) is 8.29. The summed E-state index contributed by atoms with van der Waals surface area (Å²) in [5.41, 5.74) is -0.0157. The van der Waals surface area contributed by atoms with E-state index >= 15 is 0 Å². The SMILES string of the molecule is CC(=O)[O][Hg][c]1ccccc1C(=O)OS(=O)(=O)O. The first-order valence-corrected chi connectivity index (χ1v) is 11.1. The summed E-state index contributed by atoms with van der Waals surface area (Å²) in [6, 6.07) is 6.03. The zero-order valence-electron chi connectivity index (χ0n) is 9.32. The van der Waals surface area contributed by atoms with Gasteiger partial charge in [0.2, 0.25) is 0 Å². The van der Waals surface area contributed by atoms with Crippen molar-refractivity contribution in [3.8, 4) is 0 Å². The number of rotatable bonds is 4. The van der Waals surface area contributed by atoms with E-state index < -0.39 is 47.4 Å². The summed E-state index contributed by atoms with van der Waals surface area (Å²) < 4.78 is 38.6. The molecule has 1 aromatic carbocycles. The monoisotopic (exact) mass is 462 g/mol. The molecule has 1 N–H and O–H groups in total. The number of carbonyl (C=O) groups excluding carboxylic acids is 2. The quantitative estimate of drug-likeness (QED) is 0.491. The van der Waals surface area contributed by atoms with Crippen LogP contribution in [-0.2, 0) is 47.1 Å². The molecular weight excluding hydrogens is 453 g/mol. The Morgan fingerprint density at radius 2 is 1.89 bits per heavy atom. The third-order valence-electron chi connectivity index (χ3n) is 1.85. The number of carbonyl (C=O) groups is 2. The van der Waals surface area contributed by atoms with E-state index in [2.05, 4.69) is 4.18 Å². The van der Waals surface area contributed by atoms with Crippen molar-refractivity contribution >= 4 is 25.4 Å². The minimum absolute atomic E-state index is 0.0157. The summed E-state index contributed by atoms with van der Waals surface area (Å²) in [6.45, 7) is 1.25. The van der Waals surface area contributed by atoms with Crippen LogP contribution in [0.1, 0.15) is 17.3 Å². The molecule has 0 aliphatic carbocycles. The first-order valence-electron chi connectivity index (χ1n) is 4.72. The molecule has 18 heavy (non-hydrogen) atoms. The molecule has 0 saturated heterocycles. The van der Waals surface area contributed by atoms with Crippen LogP contribution in [0.2, 0.25) is 0 Å². The first kappa shape index (κ1) is 15.1.